The van der Waals surface area contributed by atoms with Crippen LogP contribution in [0.3, 0.4) is 0 Å². The summed E-state index contributed by atoms with van der Waals surface area (Å²) in [5, 5.41) is 21.3. The van der Waals surface area contributed by atoms with Gasteiger partial charge in [0.15, 0.2) is 0 Å². The van der Waals surface area contributed by atoms with Crippen LogP contribution >= 0.6 is 23.4 Å². The quantitative estimate of drug-likeness (QED) is 0.507. The van der Waals surface area contributed by atoms with Gasteiger partial charge in [-0.25, -0.2) is 0 Å². The molecule has 0 spiro atoms. The second-order valence-corrected chi connectivity index (χ2v) is 6.39. The fourth-order valence-electron chi connectivity index (χ4n) is 2.27. The fourth-order valence-corrected chi connectivity index (χ4v) is 3.22. The lowest BCUT2D eigenvalue weighted by molar-refractivity contribution is 0.642. The van der Waals surface area contributed by atoms with Crippen molar-refractivity contribution in [3.05, 3.63) is 63.9 Å². The summed E-state index contributed by atoms with van der Waals surface area (Å²) in [6, 6.07) is 14.3. The topological polar surface area (TPSA) is 91.4 Å². The van der Waals surface area contributed by atoms with E-state index in [1.165, 1.54) is 16.4 Å². The van der Waals surface area contributed by atoms with Gasteiger partial charge >= 0.3 is 0 Å². The van der Waals surface area contributed by atoms with Gasteiger partial charge in [0, 0.05) is 5.02 Å². The molecule has 0 fully saturated rings. The van der Waals surface area contributed by atoms with Crippen LogP contribution in [0.4, 0.5) is 0 Å². The zero-order chi connectivity index (χ0) is 17.2. The van der Waals surface area contributed by atoms with Crippen molar-refractivity contribution in [2.45, 2.75) is 11.0 Å². The van der Waals surface area contributed by atoms with Crippen LogP contribution in [0.2, 0.25) is 5.02 Å². The molecule has 0 amide bonds. The van der Waals surface area contributed by atoms with Crippen molar-refractivity contribution in [1.82, 2.24) is 35.2 Å². The third kappa shape index (κ3) is 3.11. The number of benzene rings is 2. The highest BCUT2D eigenvalue weighted by Gasteiger charge is 2.11. The Morgan fingerprint density at radius 3 is 2.80 bits per heavy atom. The molecule has 2 heterocycles. The lowest BCUT2D eigenvalue weighted by Gasteiger charge is -2.06. The van der Waals surface area contributed by atoms with E-state index in [4.69, 9.17) is 11.6 Å². The molecule has 4 aromatic rings. The first-order chi connectivity index (χ1) is 12.2. The Hall–Kier alpha value is -2.78. The number of hydrogen-bond acceptors (Lipinski definition) is 7. The maximum atomic E-state index is 12.5. The third-order valence-electron chi connectivity index (χ3n) is 3.44. The predicted molar refractivity (Wildman–Crippen MR) is 93.8 cm³/mol. The molecule has 2 aromatic carbocycles. The normalized spacial score (nSPS) is 11.1. The molecule has 2 aromatic heterocycles. The first kappa shape index (κ1) is 15.7. The molecule has 25 heavy (non-hydrogen) atoms. The molecule has 0 radical (unpaired) electrons. The Bertz CT molecular complexity index is 1110. The first-order valence-corrected chi connectivity index (χ1v) is 8.58. The van der Waals surface area contributed by atoms with Gasteiger partial charge in [-0.3, -0.25) is 4.79 Å². The summed E-state index contributed by atoms with van der Waals surface area (Å²) in [5.41, 5.74) is 1.09. The number of rotatable bonds is 4. The van der Waals surface area contributed by atoms with E-state index < -0.39 is 0 Å². The first-order valence-electron chi connectivity index (χ1n) is 7.22. The standard InChI is InChI=1S/C15H10ClN7OS/c16-10-4-3-5-11(8-10)23-15(18-19-21-23)25-9-22-14(24)12-6-1-2-7-13(12)17-20-22/h1-8H,9H2. The molecule has 0 saturated heterocycles. The molecule has 0 aliphatic rings. The van der Waals surface area contributed by atoms with Crippen LogP contribution < -0.4 is 5.56 Å². The van der Waals surface area contributed by atoms with Gasteiger partial charge in [0.1, 0.15) is 5.52 Å². The molecule has 124 valence electrons. The van der Waals surface area contributed by atoms with E-state index in [2.05, 4.69) is 25.8 Å². The van der Waals surface area contributed by atoms with Gasteiger partial charge in [0.2, 0.25) is 5.16 Å². The largest absolute Gasteiger partial charge is 0.278 e. The number of thioether (sulfide) groups is 1. The summed E-state index contributed by atoms with van der Waals surface area (Å²) in [5.74, 6) is 0.234. The molecular formula is C15H10ClN7OS. The lowest BCUT2D eigenvalue weighted by Crippen LogP contribution is -2.23. The number of aromatic nitrogens is 7. The molecule has 10 heteroatoms. The summed E-state index contributed by atoms with van der Waals surface area (Å²) in [4.78, 5) is 12.5. The van der Waals surface area contributed by atoms with Crippen molar-refractivity contribution < 1.29 is 0 Å². The number of tetrazole rings is 1. The van der Waals surface area contributed by atoms with Crippen molar-refractivity contribution in [3.8, 4) is 5.69 Å². The van der Waals surface area contributed by atoms with E-state index in [0.29, 0.717) is 21.1 Å². The van der Waals surface area contributed by atoms with Gasteiger partial charge in [-0.2, -0.15) is 9.36 Å². The van der Waals surface area contributed by atoms with Crippen LogP contribution in [0, 0.1) is 0 Å². The minimum Gasteiger partial charge on any atom is -0.267 e. The summed E-state index contributed by atoms with van der Waals surface area (Å²) in [6.45, 7) is 0. The molecule has 0 unspecified atom stereocenters. The van der Waals surface area contributed by atoms with E-state index >= 15 is 0 Å². The van der Waals surface area contributed by atoms with E-state index in [1.54, 1.807) is 35.0 Å². The van der Waals surface area contributed by atoms with Gasteiger partial charge in [-0.1, -0.05) is 46.8 Å². The monoisotopic (exact) mass is 371 g/mol. The Morgan fingerprint density at radius 1 is 1.04 bits per heavy atom. The third-order valence-corrected chi connectivity index (χ3v) is 4.56. The van der Waals surface area contributed by atoms with Crippen molar-refractivity contribution in [3.63, 3.8) is 0 Å². The highest BCUT2D eigenvalue weighted by Crippen LogP contribution is 2.21. The Morgan fingerprint density at radius 2 is 1.92 bits per heavy atom. The summed E-state index contributed by atoms with van der Waals surface area (Å²) >= 11 is 7.29. The number of nitrogens with zero attached hydrogens (tertiary/aromatic N) is 7. The smallest absolute Gasteiger partial charge is 0.267 e. The van der Waals surface area contributed by atoms with E-state index in [0.717, 1.165) is 5.69 Å². The van der Waals surface area contributed by atoms with E-state index in [-0.39, 0.29) is 11.4 Å². The Labute approximate surface area is 150 Å². The van der Waals surface area contributed by atoms with Gasteiger partial charge in [-0.15, -0.1) is 10.2 Å². The van der Waals surface area contributed by atoms with Crippen LogP contribution in [-0.4, -0.2) is 35.2 Å². The highest BCUT2D eigenvalue weighted by molar-refractivity contribution is 7.98. The van der Waals surface area contributed by atoms with Crippen LogP contribution in [0.1, 0.15) is 0 Å². The lowest BCUT2D eigenvalue weighted by atomic mass is 10.2. The second-order valence-electron chi connectivity index (χ2n) is 5.04. The second kappa shape index (κ2) is 6.61. The van der Waals surface area contributed by atoms with Crippen molar-refractivity contribution >= 4 is 34.3 Å². The van der Waals surface area contributed by atoms with Crippen LogP contribution in [0.5, 0.6) is 0 Å². The van der Waals surface area contributed by atoms with E-state index in [1.807, 2.05) is 18.2 Å². The van der Waals surface area contributed by atoms with Crippen LogP contribution in [-0.2, 0) is 5.88 Å². The van der Waals surface area contributed by atoms with Gasteiger partial charge in [0.05, 0.1) is 17.0 Å². The molecule has 0 bridgehead atoms. The minimum atomic E-state index is -0.208. The Kier molecular flexibility index (Phi) is 4.16. The summed E-state index contributed by atoms with van der Waals surface area (Å²) in [7, 11) is 0. The van der Waals surface area contributed by atoms with Crippen LogP contribution in [0.25, 0.3) is 16.6 Å². The van der Waals surface area contributed by atoms with Crippen LogP contribution in [0.15, 0.2) is 58.5 Å². The summed E-state index contributed by atoms with van der Waals surface area (Å²) in [6.07, 6.45) is 0. The average Bonchev–Trinajstić information content (AvgIpc) is 3.10. The number of fused-ring (bicyclic) bond motifs is 1. The maximum Gasteiger partial charge on any atom is 0.278 e. The van der Waals surface area contributed by atoms with Gasteiger partial charge < -0.3 is 0 Å². The average molecular weight is 372 g/mol. The highest BCUT2D eigenvalue weighted by atomic mass is 35.5. The molecule has 0 saturated carbocycles. The van der Waals surface area contributed by atoms with Crippen molar-refractivity contribution in [1.29, 1.82) is 0 Å². The van der Waals surface area contributed by atoms with Gasteiger partial charge in [-0.05, 0) is 40.8 Å². The zero-order valence-electron chi connectivity index (χ0n) is 12.7. The molecule has 4 rings (SSSR count). The zero-order valence-corrected chi connectivity index (χ0v) is 14.2. The molecule has 0 atom stereocenters. The molecule has 0 aliphatic carbocycles. The molecule has 0 N–H and O–H groups in total. The van der Waals surface area contributed by atoms with Gasteiger partial charge in [0.25, 0.3) is 5.56 Å². The van der Waals surface area contributed by atoms with E-state index in [9.17, 15) is 4.79 Å². The van der Waals surface area contributed by atoms with Crippen molar-refractivity contribution in [2.24, 2.45) is 0 Å². The Balaban J connectivity index is 1.62. The molecular weight excluding hydrogens is 362 g/mol. The summed E-state index contributed by atoms with van der Waals surface area (Å²) < 4.78 is 2.83. The maximum absolute atomic E-state index is 12.5. The number of hydrogen-bond donors (Lipinski definition) is 0. The molecule has 8 nitrogen and oxygen atoms in total. The number of halogens is 1. The predicted octanol–water partition coefficient (Wildman–Crippen LogP) is 2.17. The molecule has 0 aliphatic heterocycles. The SMILES string of the molecule is O=c1c2ccccc2nnn1CSc1nnnn1-c1cccc(Cl)c1. The fraction of sp³-hybridized carbons (Fsp3) is 0.0667. The minimum absolute atomic E-state index is 0.208. The van der Waals surface area contributed by atoms with Crippen molar-refractivity contribution in [2.75, 3.05) is 0 Å².